The first kappa shape index (κ1) is 15.6. The molecule has 108 valence electrons. The maximum absolute atomic E-state index is 12.3. The summed E-state index contributed by atoms with van der Waals surface area (Å²) >= 11 is 5.69. The lowest BCUT2D eigenvalue weighted by Crippen LogP contribution is -2.33. The van der Waals surface area contributed by atoms with Gasteiger partial charge in [-0.2, -0.15) is 4.72 Å². The monoisotopic (exact) mass is 395 g/mol. The van der Waals surface area contributed by atoms with Crippen LogP contribution in [0.4, 0.5) is 0 Å². The minimum atomic E-state index is -3.88. The molecule has 9 heteroatoms. The molecule has 0 saturated carbocycles. The lowest BCUT2D eigenvalue weighted by atomic mass is 10.3. The summed E-state index contributed by atoms with van der Waals surface area (Å²) in [6, 6.07) is 3.45. The van der Waals surface area contributed by atoms with E-state index in [0.717, 1.165) is 0 Å². The highest BCUT2D eigenvalue weighted by molar-refractivity contribution is 9.11. The van der Waals surface area contributed by atoms with Crippen molar-refractivity contribution in [2.24, 2.45) is 0 Å². The zero-order valence-electron chi connectivity index (χ0n) is 10.2. The predicted molar refractivity (Wildman–Crippen MR) is 81.8 cm³/mol. The van der Waals surface area contributed by atoms with Crippen molar-refractivity contribution >= 4 is 54.6 Å². The minimum absolute atomic E-state index is 0.0946. The van der Waals surface area contributed by atoms with Crippen LogP contribution in [0.3, 0.4) is 0 Å². The van der Waals surface area contributed by atoms with E-state index in [2.05, 4.69) is 20.7 Å². The van der Waals surface area contributed by atoms with E-state index in [9.17, 15) is 18.3 Å². The van der Waals surface area contributed by atoms with Gasteiger partial charge in [0, 0.05) is 9.75 Å². The summed E-state index contributed by atoms with van der Waals surface area (Å²) in [5.41, 5.74) is 0. The van der Waals surface area contributed by atoms with E-state index in [1.54, 1.807) is 24.4 Å². The van der Waals surface area contributed by atoms with Crippen molar-refractivity contribution < 1.29 is 18.3 Å². The lowest BCUT2D eigenvalue weighted by molar-refractivity contribution is -0.139. The summed E-state index contributed by atoms with van der Waals surface area (Å²) in [7, 11) is -3.88. The summed E-state index contributed by atoms with van der Waals surface area (Å²) in [5, 5.41) is 10.9. The van der Waals surface area contributed by atoms with Gasteiger partial charge in [-0.25, -0.2) is 8.42 Å². The number of carboxylic acids is 1. The van der Waals surface area contributed by atoms with Gasteiger partial charge in [0.2, 0.25) is 10.0 Å². The van der Waals surface area contributed by atoms with Crippen LogP contribution >= 0.6 is 38.6 Å². The molecule has 1 atom stereocenters. The number of nitrogens with one attached hydrogen (secondary N) is 1. The van der Waals surface area contributed by atoms with Crippen LogP contribution in [0.1, 0.15) is 15.8 Å². The molecule has 0 saturated heterocycles. The van der Waals surface area contributed by atoms with E-state index in [1.807, 2.05) is 0 Å². The number of carboxylic acid groups (broad SMARTS) is 1. The maximum Gasteiger partial charge on any atom is 0.327 e. The fraction of sp³-hybridized carbons (Fsp3) is 0.182. The van der Waals surface area contributed by atoms with Crippen LogP contribution in [-0.4, -0.2) is 19.5 Å². The van der Waals surface area contributed by atoms with Crippen LogP contribution in [0, 0.1) is 6.92 Å². The van der Waals surface area contributed by atoms with Gasteiger partial charge in [-0.3, -0.25) is 4.79 Å². The first-order chi connectivity index (χ1) is 9.31. The molecule has 0 spiro atoms. The van der Waals surface area contributed by atoms with Crippen LogP contribution in [-0.2, 0) is 14.8 Å². The molecule has 2 aromatic rings. The Balaban J connectivity index is 2.35. The third-order valence-electron chi connectivity index (χ3n) is 2.48. The molecular weight excluding hydrogens is 386 g/mol. The highest BCUT2D eigenvalue weighted by atomic mass is 79.9. The largest absolute Gasteiger partial charge is 0.480 e. The van der Waals surface area contributed by atoms with E-state index in [-0.39, 0.29) is 4.90 Å². The molecule has 0 amide bonds. The fourth-order valence-electron chi connectivity index (χ4n) is 1.60. The molecule has 0 fully saturated rings. The molecule has 2 N–H and O–H groups in total. The van der Waals surface area contributed by atoms with Gasteiger partial charge < -0.3 is 5.11 Å². The number of carbonyl (C=O) groups is 1. The van der Waals surface area contributed by atoms with Crippen molar-refractivity contribution in [3.05, 3.63) is 37.1 Å². The molecule has 0 aromatic carbocycles. The molecule has 0 radical (unpaired) electrons. The van der Waals surface area contributed by atoms with Gasteiger partial charge in [0.1, 0.15) is 0 Å². The number of aliphatic carboxylic acids is 1. The Morgan fingerprint density at radius 2 is 2.20 bits per heavy atom. The van der Waals surface area contributed by atoms with E-state index in [1.165, 1.54) is 28.7 Å². The molecular formula is C11H10BrNO4S3. The standard InChI is InChI=1S/C11H10BrNO4S3/c1-6-8(5-9(12)19-6)20(16,17)13-10(11(14)15)7-3-2-4-18-7/h2-5,10,13H,1H3,(H,14,15). The smallest absolute Gasteiger partial charge is 0.327 e. The summed E-state index contributed by atoms with van der Waals surface area (Å²) < 4.78 is 27.5. The summed E-state index contributed by atoms with van der Waals surface area (Å²) in [6.45, 7) is 1.67. The maximum atomic E-state index is 12.3. The van der Waals surface area contributed by atoms with Gasteiger partial charge in [-0.1, -0.05) is 6.07 Å². The average molecular weight is 396 g/mol. The Morgan fingerprint density at radius 3 is 2.65 bits per heavy atom. The number of rotatable bonds is 5. The molecule has 2 aromatic heterocycles. The SMILES string of the molecule is Cc1sc(Br)cc1S(=O)(=O)NC(C(=O)O)c1cccs1. The van der Waals surface area contributed by atoms with Gasteiger partial charge >= 0.3 is 5.97 Å². The van der Waals surface area contributed by atoms with Crippen LogP contribution in [0.5, 0.6) is 0 Å². The van der Waals surface area contributed by atoms with E-state index >= 15 is 0 Å². The number of hydrogen-bond donors (Lipinski definition) is 2. The number of thiophene rings is 2. The average Bonchev–Trinajstić information content (AvgIpc) is 2.95. The zero-order chi connectivity index (χ0) is 14.9. The highest BCUT2D eigenvalue weighted by Crippen LogP contribution is 2.31. The Morgan fingerprint density at radius 1 is 1.50 bits per heavy atom. The summed E-state index contributed by atoms with van der Waals surface area (Å²) in [5.74, 6) is -1.23. The number of aryl methyl sites for hydroxylation is 1. The topological polar surface area (TPSA) is 83.5 Å². The zero-order valence-corrected chi connectivity index (χ0v) is 14.2. The molecule has 0 aliphatic rings. The Labute approximate surface area is 132 Å². The van der Waals surface area contributed by atoms with Gasteiger partial charge in [-0.05, 0) is 40.4 Å². The summed E-state index contributed by atoms with van der Waals surface area (Å²) in [4.78, 5) is 12.4. The normalized spacial score (nSPS) is 13.3. The lowest BCUT2D eigenvalue weighted by Gasteiger charge is -2.13. The third-order valence-corrected chi connectivity index (χ3v) is 6.65. The number of halogens is 1. The van der Waals surface area contributed by atoms with Crippen LogP contribution < -0.4 is 4.72 Å². The van der Waals surface area contributed by atoms with Crippen molar-refractivity contribution in [2.75, 3.05) is 0 Å². The van der Waals surface area contributed by atoms with Gasteiger partial charge in [-0.15, -0.1) is 22.7 Å². The summed E-state index contributed by atoms with van der Waals surface area (Å²) in [6.07, 6.45) is 0. The second-order valence-electron chi connectivity index (χ2n) is 3.88. The third kappa shape index (κ3) is 3.29. The fourth-order valence-corrected chi connectivity index (χ4v) is 6.03. The van der Waals surface area contributed by atoms with Crippen molar-refractivity contribution in [1.82, 2.24) is 4.72 Å². The second kappa shape index (κ2) is 5.94. The number of sulfonamides is 1. The van der Waals surface area contributed by atoms with Crippen LogP contribution in [0.25, 0.3) is 0 Å². The number of hydrogen-bond acceptors (Lipinski definition) is 5. The first-order valence-electron chi connectivity index (χ1n) is 5.36. The van der Waals surface area contributed by atoms with Crippen molar-refractivity contribution in [1.29, 1.82) is 0 Å². The molecule has 20 heavy (non-hydrogen) atoms. The van der Waals surface area contributed by atoms with Crippen molar-refractivity contribution in [2.45, 2.75) is 17.9 Å². The quantitative estimate of drug-likeness (QED) is 0.814. The van der Waals surface area contributed by atoms with Gasteiger partial charge in [0.15, 0.2) is 6.04 Å². The van der Waals surface area contributed by atoms with E-state index in [4.69, 9.17) is 0 Å². The molecule has 1 unspecified atom stereocenters. The molecule has 0 aliphatic heterocycles. The molecule has 0 bridgehead atoms. The predicted octanol–water partition coefficient (Wildman–Crippen LogP) is 2.98. The Kier molecular flexibility index (Phi) is 4.65. The highest BCUT2D eigenvalue weighted by Gasteiger charge is 2.29. The van der Waals surface area contributed by atoms with E-state index in [0.29, 0.717) is 13.5 Å². The van der Waals surface area contributed by atoms with E-state index < -0.39 is 22.0 Å². The second-order valence-corrected chi connectivity index (χ2v) is 9.18. The van der Waals surface area contributed by atoms with Crippen LogP contribution in [0.15, 0.2) is 32.3 Å². The van der Waals surface area contributed by atoms with Gasteiger partial charge in [0.25, 0.3) is 0 Å². The van der Waals surface area contributed by atoms with Gasteiger partial charge in [0.05, 0.1) is 8.68 Å². The Hall–Kier alpha value is -0.740. The first-order valence-corrected chi connectivity index (χ1v) is 9.33. The molecule has 5 nitrogen and oxygen atoms in total. The molecule has 2 rings (SSSR count). The van der Waals surface area contributed by atoms with Crippen molar-refractivity contribution in [3.63, 3.8) is 0 Å². The Bertz CT molecular complexity index is 721. The molecule has 2 heterocycles. The van der Waals surface area contributed by atoms with Crippen LogP contribution in [0.2, 0.25) is 0 Å². The van der Waals surface area contributed by atoms with Crippen molar-refractivity contribution in [3.8, 4) is 0 Å². The minimum Gasteiger partial charge on any atom is -0.480 e. The molecule has 0 aliphatic carbocycles.